The first-order chi connectivity index (χ1) is 31.6. The van der Waals surface area contributed by atoms with Gasteiger partial charge in [0.1, 0.15) is 0 Å². The summed E-state index contributed by atoms with van der Waals surface area (Å²) in [4.78, 5) is 18.1. The highest BCUT2D eigenvalue weighted by atomic mass is 16.5. The van der Waals surface area contributed by atoms with Crippen LogP contribution in [0.25, 0.3) is 0 Å². The maximum absolute atomic E-state index is 13.0. The molecule has 0 aromatic heterocycles. The summed E-state index contributed by atoms with van der Waals surface area (Å²) in [5.74, 6) is 0.517. The van der Waals surface area contributed by atoms with Gasteiger partial charge in [0.2, 0.25) is 0 Å². The van der Waals surface area contributed by atoms with Gasteiger partial charge in [-0.3, -0.25) is 14.6 Å². The summed E-state index contributed by atoms with van der Waals surface area (Å²) in [5, 5.41) is 9.91. The molecule has 0 amide bonds. The summed E-state index contributed by atoms with van der Waals surface area (Å²) in [6, 6.07) is 0.620. The molecule has 0 aliphatic heterocycles. The molecule has 0 aromatic carbocycles. The van der Waals surface area contributed by atoms with Gasteiger partial charge in [-0.1, -0.05) is 220 Å². The van der Waals surface area contributed by atoms with Crippen molar-refractivity contribution in [3.05, 3.63) is 0 Å². The van der Waals surface area contributed by atoms with Crippen LogP contribution in [0.15, 0.2) is 0 Å². The molecule has 0 aromatic rings. The molecule has 7 heteroatoms. The van der Waals surface area contributed by atoms with Crippen LogP contribution in [0.1, 0.15) is 278 Å². The fraction of sp³-hybridized carbons (Fsp3) is 0.982. The van der Waals surface area contributed by atoms with Crippen molar-refractivity contribution < 1.29 is 24.1 Å². The monoisotopic (exact) mass is 907 g/mol. The minimum Gasteiger partial charge on any atom is -0.465 e. The molecule has 1 aliphatic carbocycles. The lowest BCUT2D eigenvalue weighted by atomic mass is 9.91. The molecular weight excluding hydrogens is 793 g/mol. The van der Waals surface area contributed by atoms with Crippen LogP contribution in [0.2, 0.25) is 0 Å². The molecule has 7 nitrogen and oxygen atoms in total. The molecular formula is C57H114N2O5. The van der Waals surface area contributed by atoms with Crippen molar-refractivity contribution in [1.82, 2.24) is 9.80 Å². The predicted octanol–water partition coefficient (Wildman–Crippen LogP) is 15.8. The highest BCUT2D eigenvalue weighted by Gasteiger charge is 2.25. The number of esters is 1. The zero-order valence-electron chi connectivity index (χ0n) is 43.9. The zero-order valence-corrected chi connectivity index (χ0v) is 43.9. The van der Waals surface area contributed by atoms with Crippen LogP contribution in [0, 0.1) is 5.92 Å². The van der Waals surface area contributed by atoms with Gasteiger partial charge >= 0.3 is 5.97 Å². The number of hydrogen-bond acceptors (Lipinski definition) is 7. The summed E-state index contributed by atoms with van der Waals surface area (Å²) < 4.78 is 19.0. The number of hydrogen-bond donors (Lipinski definition) is 1. The molecule has 0 spiro atoms. The second kappa shape index (κ2) is 48.7. The third-order valence-corrected chi connectivity index (χ3v) is 14.2. The Morgan fingerprint density at radius 3 is 1.48 bits per heavy atom. The van der Waals surface area contributed by atoms with Gasteiger partial charge in [0, 0.05) is 51.9 Å². The summed E-state index contributed by atoms with van der Waals surface area (Å²) in [7, 11) is 0. The zero-order chi connectivity index (χ0) is 46.2. The van der Waals surface area contributed by atoms with E-state index >= 15 is 0 Å². The van der Waals surface area contributed by atoms with E-state index in [9.17, 15) is 9.90 Å². The summed E-state index contributed by atoms with van der Waals surface area (Å²) in [6.45, 7) is 16.9. The van der Waals surface area contributed by atoms with Crippen molar-refractivity contribution in [3.8, 4) is 0 Å². The second-order valence-corrected chi connectivity index (χ2v) is 20.3. The lowest BCUT2D eigenvalue weighted by Gasteiger charge is -2.38. The third-order valence-electron chi connectivity index (χ3n) is 14.2. The predicted molar refractivity (Wildman–Crippen MR) is 277 cm³/mol. The fourth-order valence-corrected chi connectivity index (χ4v) is 9.56. The van der Waals surface area contributed by atoms with E-state index in [4.69, 9.17) is 14.2 Å². The molecule has 2 atom stereocenters. The average molecular weight is 908 g/mol. The molecule has 0 heterocycles. The quantitative estimate of drug-likeness (QED) is 0.0481. The average Bonchev–Trinajstić information content (AvgIpc) is 3.28. The first-order valence-corrected chi connectivity index (χ1v) is 29.0. The first-order valence-electron chi connectivity index (χ1n) is 29.0. The van der Waals surface area contributed by atoms with E-state index in [0.717, 1.165) is 78.0 Å². The van der Waals surface area contributed by atoms with Gasteiger partial charge in [-0.2, -0.15) is 0 Å². The van der Waals surface area contributed by atoms with E-state index in [0.29, 0.717) is 31.6 Å². The lowest BCUT2D eigenvalue weighted by molar-refractivity contribution is -0.145. The summed E-state index contributed by atoms with van der Waals surface area (Å²) in [6.07, 6.45) is 49.6. The number of carbonyl (C=O) groups excluding carboxylic acids is 1. The van der Waals surface area contributed by atoms with Gasteiger partial charge in [-0.25, -0.2) is 0 Å². The summed E-state index contributed by atoms with van der Waals surface area (Å²) in [5.41, 5.74) is 0. The summed E-state index contributed by atoms with van der Waals surface area (Å²) >= 11 is 0. The van der Waals surface area contributed by atoms with Crippen LogP contribution in [0.3, 0.4) is 0 Å². The van der Waals surface area contributed by atoms with Crippen molar-refractivity contribution in [2.75, 3.05) is 65.8 Å². The van der Waals surface area contributed by atoms with Gasteiger partial charge in [0.15, 0.2) is 0 Å². The Kier molecular flexibility index (Phi) is 46.7. The molecule has 382 valence electrons. The largest absolute Gasteiger partial charge is 0.465 e. The molecule has 1 N–H and O–H groups in total. The minimum absolute atomic E-state index is 0.00139. The molecule has 2 unspecified atom stereocenters. The Morgan fingerprint density at radius 2 is 0.984 bits per heavy atom. The van der Waals surface area contributed by atoms with Gasteiger partial charge < -0.3 is 19.3 Å². The fourth-order valence-electron chi connectivity index (χ4n) is 9.56. The number of nitrogens with zero attached hydrogens (tertiary/aromatic N) is 2. The van der Waals surface area contributed by atoms with E-state index in [1.165, 1.54) is 212 Å². The number of aliphatic hydroxyl groups excluding tert-OH is 1. The second-order valence-electron chi connectivity index (χ2n) is 20.3. The van der Waals surface area contributed by atoms with E-state index < -0.39 is 0 Å². The van der Waals surface area contributed by atoms with E-state index in [1.54, 1.807) is 0 Å². The Balaban J connectivity index is 2.69. The van der Waals surface area contributed by atoms with Crippen LogP contribution in [-0.2, 0) is 19.0 Å². The molecule has 1 saturated carbocycles. The Bertz CT molecular complexity index is 934. The van der Waals surface area contributed by atoms with Crippen LogP contribution < -0.4 is 0 Å². The van der Waals surface area contributed by atoms with Gasteiger partial charge in [0.05, 0.1) is 25.9 Å². The van der Waals surface area contributed by atoms with Crippen molar-refractivity contribution >= 4 is 5.97 Å². The molecule has 1 aliphatic rings. The Labute approximate surface area is 400 Å². The van der Waals surface area contributed by atoms with E-state index in [-0.39, 0.29) is 18.7 Å². The Morgan fingerprint density at radius 1 is 0.516 bits per heavy atom. The van der Waals surface area contributed by atoms with Gasteiger partial charge in [0.25, 0.3) is 0 Å². The minimum atomic E-state index is -0.00139. The Hall–Kier alpha value is -0.730. The number of rotatable bonds is 53. The van der Waals surface area contributed by atoms with Gasteiger partial charge in [-0.15, -0.1) is 0 Å². The standard InChI is InChI=1S/C57H114N2O5/c1-5-9-13-17-20-22-24-26-29-36-49-62-53-56(63-50-37-30-27-25-23-21-18-14-10-6-2)51-58(45-46-59(47-48-60)55-41-38-42-55)44-35-31-34-43-57(61)64-52-54(39-32-16-12-8-4)40-33-28-19-15-11-7-3/h54-56,60H,5-53H2,1-4H3. The van der Waals surface area contributed by atoms with Crippen LogP contribution in [0.4, 0.5) is 0 Å². The maximum Gasteiger partial charge on any atom is 0.305 e. The van der Waals surface area contributed by atoms with Crippen molar-refractivity contribution in [2.45, 2.75) is 290 Å². The van der Waals surface area contributed by atoms with Crippen molar-refractivity contribution in [1.29, 1.82) is 0 Å². The normalized spacial score (nSPS) is 14.2. The SMILES string of the molecule is CCCCCCCCCCCCOCC(CN(CCCCCC(=O)OCC(CCCCCC)CCCCCCCC)CCN(CCO)C1CCC1)OCCCCCCCCCCCC. The molecule has 1 rings (SSSR count). The number of aliphatic hydroxyl groups is 1. The number of carbonyl (C=O) groups is 1. The van der Waals surface area contributed by atoms with E-state index in [1.807, 2.05) is 0 Å². The van der Waals surface area contributed by atoms with Crippen LogP contribution in [-0.4, -0.2) is 98.8 Å². The van der Waals surface area contributed by atoms with E-state index in [2.05, 4.69) is 37.5 Å². The molecule has 0 saturated heterocycles. The number of unbranched alkanes of at least 4 members (excludes halogenated alkanes) is 28. The van der Waals surface area contributed by atoms with Crippen molar-refractivity contribution in [2.24, 2.45) is 5.92 Å². The molecule has 0 radical (unpaired) electrons. The highest BCUT2D eigenvalue weighted by Crippen LogP contribution is 2.25. The number of ether oxygens (including phenoxy) is 3. The lowest BCUT2D eigenvalue weighted by Crippen LogP contribution is -2.47. The topological polar surface area (TPSA) is 71.5 Å². The van der Waals surface area contributed by atoms with Crippen molar-refractivity contribution in [3.63, 3.8) is 0 Å². The van der Waals surface area contributed by atoms with Crippen LogP contribution >= 0.6 is 0 Å². The molecule has 1 fully saturated rings. The maximum atomic E-state index is 13.0. The van der Waals surface area contributed by atoms with Crippen LogP contribution in [0.5, 0.6) is 0 Å². The third kappa shape index (κ3) is 39.3. The highest BCUT2D eigenvalue weighted by molar-refractivity contribution is 5.69. The van der Waals surface area contributed by atoms with Gasteiger partial charge in [-0.05, 0) is 63.8 Å². The molecule has 64 heavy (non-hydrogen) atoms. The first kappa shape index (κ1) is 61.3. The smallest absolute Gasteiger partial charge is 0.305 e. The molecule has 0 bridgehead atoms.